The number of nitrogens with zero attached hydrogens (tertiary/aromatic N) is 3. The average molecular weight is 547 g/mol. The van der Waals surface area contributed by atoms with Crippen LogP contribution >= 0.6 is 23.5 Å². The molecule has 1 amide bonds. The number of nitrogens with two attached hydrogens (primary N) is 1. The molecular formula is C18H19ClN6O8S2. The molecule has 0 fully saturated rings. The predicted molar refractivity (Wildman–Crippen MR) is 125 cm³/mol. The minimum absolute atomic E-state index is 0.140. The summed E-state index contributed by atoms with van der Waals surface area (Å²) in [6.07, 6.45) is -0.398. The quantitative estimate of drug-likeness (QED) is 0.224. The van der Waals surface area contributed by atoms with Crippen LogP contribution in [0.3, 0.4) is 0 Å². The van der Waals surface area contributed by atoms with Crippen molar-refractivity contribution in [2.45, 2.75) is 29.2 Å². The molecule has 0 aliphatic carbocycles. The Kier molecular flexibility index (Phi) is 8.68. The molecule has 14 nitrogen and oxygen atoms in total. The summed E-state index contributed by atoms with van der Waals surface area (Å²) in [6, 6.07) is 7.42. The molecule has 0 saturated heterocycles. The molecule has 1 heterocycles. The number of anilines is 1. The van der Waals surface area contributed by atoms with E-state index in [1.165, 1.54) is 35.0 Å². The van der Waals surface area contributed by atoms with Gasteiger partial charge in [-0.05, 0) is 47.3 Å². The second-order valence-electron chi connectivity index (χ2n) is 7.21. The minimum Gasteiger partial charge on any atom is -0.367 e. The molecule has 0 saturated carbocycles. The Bertz CT molecular complexity index is 1150. The van der Waals surface area contributed by atoms with Gasteiger partial charge in [-0.2, -0.15) is 0 Å². The predicted octanol–water partition coefficient (Wildman–Crippen LogP) is 1.86. The summed E-state index contributed by atoms with van der Waals surface area (Å²) in [7, 11) is -0.194. The van der Waals surface area contributed by atoms with Crippen LogP contribution in [0.25, 0.3) is 0 Å². The highest BCUT2D eigenvalue weighted by atomic mass is 35.5. The van der Waals surface area contributed by atoms with E-state index in [1.807, 2.05) is 0 Å². The third kappa shape index (κ3) is 7.15. The summed E-state index contributed by atoms with van der Waals surface area (Å²) in [6.45, 7) is -0.707. The lowest BCUT2D eigenvalue weighted by atomic mass is 10.1. The number of carbonyl (C=O) groups excluding carboxylic acids is 1. The van der Waals surface area contributed by atoms with E-state index in [4.69, 9.17) is 16.7 Å². The first kappa shape index (κ1) is 26.4. The number of amides is 1. The largest absolute Gasteiger partial charge is 0.367 e. The number of likely N-dealkylation sites (N-methyl/N-ethyl adjacent to an activating group) is 1. The molecule has 1 aliphatic heterocycles. The summed E-state index contributed by atoms with van der Waals surface area (Å²) < 4.78 is 14.7. The summed E-state index contributed by atoms with van der Waals surface area (Å²) in [5, 5.41) is 28.0. The van der Waals surface area contributed by atoms with Gasteiger partial charge >= 0.3 is 0 Å². The van der Waals surface area contributed by atoms with E-state index in [-0.39, 0.29) is 28.3 Å². The number of carbonyl (C=O) groups is 1. The van der Waals surface area contributed by atoms with Gasteiger partial charge in [0.25, 0.3) is 16.1 Å². The van der Waals surface area contributed by atoms with Crippen molar-refractivity contribution in [3.05, 3.63) is 72.3 Å². The summed E-state index contributed by atoms with van der Waals surface area (Å²) in [4.78, 5) is 45.2. The molecule has 0 aromatic heterocycles. The zero-order valence-electron chi connectivity index (χ0n) is 18.0. The van der Waals surface area contributed by atoms with Gasteiger partial charge in [-0.1, -0.05) is 17.7 Å². The zero-order valence-corrected chi connectivity index (χ0v) is 20.4. The van der Waals surface area contributed by atoms with Crippen molar-refractivity contribution in [1.82, 2.24) is 9.62 Å². The van der Waals surface area contributed by atoms with Gasteiger partial charge in [-0.3, -0.25) is 4.79 Å². The maximum absolute atomic E-state index is 13.1. The Balaban J connectivity index is 1.73. The molecule has 188 valence electrons. The van der Waals surface area contributed by atoms with Crippen LogP contribution < -0.4 is 15.2 Å². The van der Waals surface area contributed by atoms with E-state index in [1.54, 1.807) is 19.2 Å². The zero-order chi connectivity index (χ0) is 25.7. The van der Waals surface area contributed by atoms with Gasteiger partial charge < -0.3 is 19.9 Å². The van der Waals surface area contributed by atoms with Gasteiger partial charge in [-0.15, -0.1) is 20.2 Å². The van der Waals surface area contributed by atoms with Crippen LogP contribution in [-0.4, -0.2) is 44.9 Å². The second kappa shape index (κ2) is 11.5. The number of benzene rings is 2. The molecule has 2 aromatic carbocycles. The summed E-state index contributed by atoms with van der Waals surface area (Å²) in [5.74, 6) is -0.443. The fourth-order valence-electron chi connectivity index (χ4n) is 3.21. The van der Waals surface area contributed by atoms with Gasteiger partial charge in [0, 0.05) is 17.5 Å². The molecule has 0 bridgehead atoms. The lowest BCUT2D eigenvalue weighted by Gasteiger charge is -2.31. The highest BCUT2D eigenvalue weighted by molar-refractivity contribution is 7.97. The van der Waals surface area contributed by atoms with Crippen molar-refractivity contribution in [3.63, 3.8) is 0 Å². The van der Waals surface area contributed by atoms with Crippen LogP contribution in [0.15, 0.2) is 40.1 Å². The molecule has 3 rings (SSSR count). The van der Waals surface area contributed by atoms with Crippen molar-refractivity contribution in [3.8, 4) is 0 Å². The Morgan fingerprint density at radius 2 is 1.77 bits per heavy atom. The average Bonchev–Trinajstić information content (AvgIpc) is 2.80. The van der Waals surface area contributed by atoms with Crippen LogP contribution in [0.5, 0.6) is 0 Å². The number of halogens is 1. The van der Waals surface area contributed by atoms with Gasteiger partial charge in [0.1, 0.15) is 30.4 Å². The van der Waals surface area contributed by atoms with Crippen molar-refractivity contribution >= 4 is 46.1 Å². The summed E-state index contributed by atoms with van der Waals surface area (Å²) in [5.41, 5.74) is 1.34. The van der Waals surface area contributed by atoms with Crippen LogP contribution in [0.2, 0.25) is 5.02 Å². The van der Waals surface area contributed by atoms with Crippen LogP contribution in [0.1, 0.15) is 21.5 Å². The first-order valence-corrected chi connectivity index (χ1v) is 12.1. The topological polar surface area (TPSA) is 192 Å². The van der Waals surface area contributed by atoms with E-state index in [9.17, 15) is 29.2 Å². The van der Waals surface area contributed by atoms with Crippen molar-refractivity contribution in [1.29, 1.82) is 0 Å². The Morgan fingerprint density at radius 1 is 1.17 bits per heavy atom. The maximum atomic E-state index is 13.1. The molecule has 0 spiro atoms. The third-order valence-corrected chi connectivity index (χ3v) is 6.82. The van der Waals surface area contributed by atoms with Crippen LogP contribution in [0, 0.1) is 20.2 Å². The molecule has 2 aromatic rings. The Morgan fingerprint density at radius 3 is 2.31 bits per heavy atom. The highest BCUT2D eigenvalue weighted by Crippen LogP contribution is 2.35. The summed E-state index contributed by atoms with van der Waals surface area (Å²) >= 11 is 7.40. The van der Waals surface area contributed by atoms with Gasteiger partial charge in [0.05, 0.1) is 22.2 Å². The standard InChI is InChI=1S/C18H19ClN6O8S2/c1-23(7-17-21-14-5-13(19)16(35(20)31)6-15(14)34-22-17)18(26)12-3-10(8-32-24(27)28)2-11(4-12)9-33-25(29)30/h2-6,17,21-22H,7-9,20H2,1H3. The van der Waals surface area contributed by atoms with Gasteiger partial charge in [0.2, 0.25) is 0 Å². The van der Waals surface area contributed by atoms with Crippen molar-refractivity contribution in [2.75, 3.05) is 18.9 Å². The Labute approximate surface area is 210 Å². The van der Waals surface area contributed by atoms with Crippen molar-refractivity contribution in [2.24, 2.45) is 5.14 Å². The van der Waals surface area contributed by atoms with Crippen LogP contribution in [-0.2, 0) is 33.9 Å². The highest BCUT2D eigenvalue weighted by Gasteiger charge is 2.24. The second-order valence-corrected chi connectivity index (χ2v) is 9.53. The normalized spacial score (nSPS) is 15.3. The van der Waals surface area contributed by atoms with E-state index in [2.05, 4.69) is 19.7 Å². The lowest BCUT2D eigenvalue weighted by molar-refractivity contribution is -0.763. The number of rotatable bonds is 10. The van der Waals surface area contributed by atoms with E-state index >= 15 is 0 Å². The number of fused-ring (bicyclic) bond motifs is 1. The SMILES string of the molecule is CN(CC1NSc2cc(S(N)=O)c(Cl)cc2N1)C(=O)c1cc(CO[N+](=O)[O-])cc(CO[N+](=O)[O-])c1. The van der Waals surface area contributed by atoms with Crippen LogP contribution in [0.4, 0.5) is 5.69 Å². The molecule has 0 radical (unpaired) electrons. The molecule has 17 heteroatoms. The van der Waals surface area contributed by atoms with Gasteiger partial charge in [0.15, 0.2) is 0 Å². The molecule has 2 unspecified atom stereocenters. The van der Waals surface area contributed by atoms with E-state index < -0.39 is 46.4 Å². The first-order valence-electron chi connectivity index (χ1n) is 9.65. The minimum atomic E-state index is -1.74. The molecule has 4 N–H and O–H groups in total. The monoisotopic (exact) mass is 546 g/mol. The molecular weight excluding hydrogens is 528 g/mol. The number of hydrogen-bond acceptors (Lipinski definition) is 11. The molecule has 35 heavy (non-hydrogen) atoms. The first-order chi connectivity index (χ1) is 16.5. The maximum Gasteiger partial charge on any atom is 0.294 e. The third-order valence-electron chi connectivity index (χ3n) is 4.67. The van der Waals surface area contributed by atoms with Crippen molar-refractivity contribution < 1.29 is 28.9 Å². The Hall–Kier alpha value is -3.18. The number of hydrogen-bond donors (Lipinski definition) is 3. The smallest absolute Gasteiger partial charge is 0.294 e. The van der Waals surface area contributed by atoms with E-state index in [0.717, 1.165) is 4.90 Å². The fourth-order valence-corrected chi connectivity index (χ4v) is 4.96. The lowest BCUT2D eigenvalue weighted by Crippen LogP contribution is -2.45. The van der Waals surface area contributed by atoms with Gasteiger partial charge in [-0.25, -0.2) is 14.1 Å². The molecule has 2 atom stereocenters. The number of nitrogens with one attached hydrogen (secondary N) is 2. The van der Waals surface area contributed by atoms with E-state index in [0.29, 0.717) is 10.6 Å². The molecule has 1 aliphatic rings. The fraction of sp³-hybridized carbons (Fsp3) is 0.278.